The molecule has 1 rings (SSSR count). The van der Waals surface area contributed by atoms with E-state index < -0.39 is 24.0 Å². The molecule has 1 atom stereocenters. The minimum atomic E-state index is -1.16. The number of carboxylic acid groups (broad SMARTS) is 1. The molecule has 0 saturated heterocycles. The number of hydrogen-bond acceptors (Lipinski definition) is 5. The Morgan fingerprint density at radius 3 is 2.60 bits per heavy atom. The Bertz CT molecular complexity index is 500. The number of pyridine rings is 1. The topological polar surface area (TPSA) is 118 Å². The van der Waals surface area contributed by atoms with E-state index in [2.05, 4.69) is 15.6 Å². The Hall–Kier alpha value is -2.64. The third kappa shape index (κ3) is 4.56. The fourth-order valence-electron chi connectivity index (χ4n) is 1.28. The van der Waals surface area contributed by atoms with Gasteiger partial charge in [-0.3, -0.25) is 0 Å². The molecule has 1 heterocycles. The Morgan fingerprint density at radius 2 is 2.10 bits per heavy atom. The zero-order chi connectivity index (χ0) is 15.1. The summed E-state index contributed by atoms with van der Waals surface area (Å²) in [4.78, 5) is 37.1. The van der Waals surface area contributed by atoms with E-state index in [1.54, 1.807) is 6.92 Å². The van der Waals surface area contributed by atoms with E-state index in [1.807, 2.05) is 0 Å². The van der Waals surface area contributed by atoms with Crippen molar-refractivity contribution in [2.75, 3.05) is 11.9 Å². The van der Waals surface area contributed by atoms with Gasteiger partial charge in [0.1, 0.15) is 11.7 Å². The molecule has 2 amide bonds. The van der Waals surface area contributed by atoms with Gasteiger partial charge in [0, 0.05) is 0 Å². The van der Waals surface area contributed by atoms with Crippen molar-refractivity contribution in [3.63, 3.8) is 0 Å². The van der Waals surface area contributed by atoms with Gasteiger partial charge in [0.2, 0.25) is 0 Å². The first-order valence-corrected chi connectivity index (χ1v) is 5.87. The van der Waals surface area contributed by atoms with Gasteiger partial charge in [-0.25, -0.2) is 19.4 Å². The van der Waals surface area contributed by atoms with Crippen molar-refractivity contribution in [1.82, 2.24) is 10.3 Å². The Morgan fingerprint density at radius 1 is 1.40 bits per heavy atom. The first-order valence-electron chi connectivity index (χ1n) is 5.87. The van der Waals surface area contributed by atoms with E-state index in [1.165, 1.54) is 25.3 Å². The maximum atomic E-state index is 11.6. The van der Waals surface area contributed by atoms with Crippen molar-refractivity contribution in [3.05, 3.63) is 24.0 Å². The van der Waals surface area contributed by atoms with Crippen LogP contribution >= 0.6 is 0 Å². The monoisotopic (exact) mass is 281 g/mol. The summed E-state index contributed by atoms with van der Waals surface area (Å²) in [7, 11) is 0. The summed E-state index contributed by atoms with van der Waals surface area (Å²) in [6, 6.07) is 1.24. The molecule has 0 spiro atoms. The van der Waals surface area contributed by atoms with Crippen molar-refractivity contribution in [1.29, 1.82) is 0 Å². The van der Waals surface area contributed by atoms with E-state index in [4.69, 9.17) is 9.84 Å². The van der Waals surface area contributed by atoms with Crippen LogP contribution in [-0.4, -0.2) is 40.7 Å². The van der Waals surface area contributed by atoms with Gasteiger partial charge >= 0.3 is 18.0 Å². The quantitative estimate of drug-likeness (QED) is 0.689. The van der Waals surface area contributed by atoms with Gasteiger partial charge in [-0.05, 0) is 26.0 Å². The van der Waals surface area contributed by atoms with Crippen LogP contribution in [0.2, 0.25) is 0 Å². The highest BCUT2D eigenvalue weighted by Gasteiger charge is 2.16. The van der Waals surface area contributed by atoms with Gasteiger partial charge in [-0.1, -0.05) is 0 Å². The van der Waals surface area contributed by atoms with Crippen LogP contribution < -0.4 is 10.6 Å². The Labute approximate surface area is 115 Å². The van der Waals surface area contributed by atoms with Gasteiger partial charge in [-0.15, -0.1) is 0 Å². The number of aromatic carboxylic acids is 1. The number of hydrogen-bond donors (Lipinski definition) is 3. The fraction of sp³-hybridized carbons (Fsp3) is 0.333. The van der Waals surface area contributed by atoms with Crippen molar-refractivity contribution in [2.45, 2.75) is 19.9 Å². The maximum absolute atomic E-state index is 11.6. The van der Waals surface area contributed by atoms with E-state index in [0.29, 0.717) is 5.69 Å². The van der Waals surface area contributed by atoms with Crippen LogP contribution in [-0.2, 0) is 9.53 Å². The third-order valence-corrected chi connectivity index (χ3v) is 2.23. The molecule has 0 fully saturated rings. The summed E-state index contributed by atoms with van der Waals surface area (Å²) in [5.41, 5.74) is 0.180. The zero-order valence-electron chi connectivity index (χ0n) is 11.0. The molecule has 0 radical (unpaired) electrons. The van der Waals surface area contributed by atoms with E-state index in [0.717, 1.165) is 0 Å². The average Bonchev–Trinajstić information content (AvgIpc) is 2.39. The number of nitrogens with zero attached hydrogens (tertiary/aromatic N) is 1. The minimum absolute atomic E-state index is 0.129. The van der Waals surface area contributed by atoms with E-state index in [-0.39, 0.29) is 12.3 Å². The Balaban J connectivity index is 2.54. The summed E-state index contributed by atoms with van der Waals surface area (Å²) in [5.74, 6) is -1.70. The van der Waals surface area contributed by atoms with E-state index >= 15 is 0 Å². The first kappa shape index (κ1) is 15.4. The van der Waals surface area contributed by atoms with Crippen LogP contribution in [0, 0.1) is 0 Å². The molecule has 0 aromatic carbocycles. The van der Waals surface area contributed by atoms with Crippen LogP contribution in [0.5, 0.6) is 0 Å². The Kier molecular flexibility index (Phi) is 5.45. The van der Waals surface area contributed by atoms with Gasteiger partial charge < -0.3 is 20.5 Å². The summed E-state index contributed by atoms with van der Waals surface area (Å²) in [6.45, 7) is 3.39. The van der Waals surface area contributed by atoms with Gasteiger partial charge in [0.05, 0.1) is 18.5 Å². The molecule has 0 saturated carbocycles. The molecular weight excluding hydrogens is 266 g/mol. The molecule has 1 aromatic rings. The largest absolute Gasteiger partial charge is 0.477 e. The van der Waals surface area contributed by atoms with Crippen molar-refractivity contribution >= 4 is 23.7 Å². The highest BCUT2D eigenvalue weighted by Crippen LogP contribution is 2.06. The number of ether oxygens (including phenoxy) is 1. The molecule has 3 N–H and O–H groups in total. The van der Waals surface area contributed by atoms with Crippen LogP contribution in [0.4, 0.5) is 10.5 Å². The second kappa shape index (κ2) is 7.07. The molecule has 108 valence electrons. The summed E-state index contributed by atoms with van der Waals surface area (Å²) in [6.07, 6.45) is 1.21. The zero-order valence-corrected chi connectivity index (χ0v) is 11.0. The molecule has 0 aliphatic rings. The van der Waals surface area contributed by atoms with Crippen molar-refractivity contribution in [2.24, 2.45) is 0 Å². The minimum Gasteiger partial charge on any atom is -0.477 e. The predicted molar refractivity (Wildman–Crippen MR) is 69.4 cm³/mol. The second-order valence-electron chi connectivity index (χ2n) is 3.81. The van der Waals surface area contributed by atoms with Crippen molar-refractivity contribution < 1.29 is 24.2 Å². The number of carboxylic acids is 1. The maximum Gasteiger partial charge on any atom is 0.354 e. The molecular formula is C12H15N3O5. The standard InChI is InChI=1S/C12H15N3O5/c1-3-20-11(18)7(2)14-12(19)15-8-4-5-9(10(16)17)13-6-8/h4-7H,3H2,1-2H3,(H,16,17)(H2,14,15,19). The first-order chi connectivity index (χ1) is 9.43. The molecule has 20 heavy (non-hydrogen) atoms. The lowest BCUT2D eigenvalue weighted by atomic mass is 10.3. The SMILES string of the molecule is CCOC(=O)C(C)NC(=O)Nc1ccc(C(=O)O)nc1. The number of esters is 1. The average molecular weight is 281 g/mol. The lowest BCUT2D eigenvalue weighted by Gasteiger charge is -2.13. The summed E-state index contributed by atoms with van der Waals surface area (Å²) >= 11 is 0. The summed E-state index contributed by atoms with van der Waals surface area (Å²) in [5, 5.41) is 13.5. The van der Waals surface area contributed by atoms with Crippen LogP contribution in [0.15, 0.2) is 18.3 Å². The number of anilines is 1. The molecule has 8 nitrogen and oxygen atoms in total. The predicted octanol–water partition coefficient (Wildman–Crippen LogP) is 0.853. The fourth-order valence-corrected chi connectivity index (χ4v) is 1.28. The van der Waals surface area contributed by atoms with Crippen LogP contribution in [0.25, 0.3) is 0 Å². The highest BCUT2D eigenvalue weighted by atomic mass is 16.5. The normalized spacial score (nSPS) is 11.3. The van der Waals surface area contributed by atoms with Crippen molar-refractivity contribution in [3.8, 4) is 0 Å². The van der Waals surface area contributed by atoms with Gasteiger partial charge in [0.15, 0.2) is 0 Å². The second-order valence-corrected chi connectivity index (χ2v) is 3.81. The number of rotatable bonds is 5. The molecule has 1 unspecified atom stereocenters. The molecule has 0 bridgehead atoms. The highest BCUT2D eigenvalue weighted by molar-refractivity contribution is 5.92. The molecule has 1 aromatic heterocycles. The van der Waals surface area contributed by atoms with Crippen LogP contribution in [0.3, 0.4) is 0 Å². The molecule has 8 heteroatoms. The lowest BCUT2D eigenvalue weighted by Crippen LogP contribution is -2.41. The number of carbonyl (C=O) groups excluding carboxylic acids is 2. The summed E-state index contributed by atoms with van der Waals surface area (Å²) < 4.78 is 4.74. The lowest BCUT2D eigenvalue weighted by molar-refractivity contribution is -0.144. The third-order valence-electron chi connectivity index (χ3n) is 2.23. The number of carbonyl (C=O) groups is 3. The smallest absolute Gasteiger partial charge is 0.354 e. The van der Waals surface area contributed by atoms with E-state index in [9.17, 15) is 14.4 Å². The number of amides is 2. The van der Waals surface area contributed by atoms with Crippen LogP contribution in [0.1, 0.15) is 24.3 Å². The number of nitrogens with one attached hydrogen (secondary N) is 2. The number of aromatic nitrogens is 1. The molecule has 0 aliphatic heterocycles. The number of urea groups is 1. The molecule has 0 aliphatic carbocycles. The van der Waals surface area contributed by atoms with Gasteiger partial charge in [-0.2, -0.15) is 0 Å². The van der Waals surface area contributed by atoms with Gasteiger partial charge in [0.25, 0.3) is 0 Å².